The second-order valence-corrected chi connectivity index (χ2v) is 9.83. The van der Waals surface area contributed by atoms with Gasteiger partial charge in [0.05, 0.1) is 30.0 Å². The molecule has 7 nitrogen and oxygen atoms in total. The van der Waals surface area contributed by atoms with Crippen LogP contribution in [0, 0.1) is 19.3 Å². The number of likely N-dealkylation sites (tertiary alicyclic amines) is 1. The second kappa shape index (κ2) is 7.72. The number of thiazole rings is 1. The molecule has 1 aromatic rings. The number of aryl methyl sites for hydroxylation is 2. The fraction of sp³-hybridized carbons (Fsp3) is 0.750. The van der Waals surface area contributed by atoms with Crippen LogP contribution in [-0.2, 0) is 9.53 Å². The van der Waals surface area contributed by atoms with Gasteiger partial charge in [0.15, 0.2) is 0 Å². The maximum Gasteiger partial charge on any atom is 0.265 e. The standard InChI is InChI=1S/C20H30N4O3S/c1-14-18(28-15(2)21-14)19(26)24-6-4-20(5-7-24)10-16(27-13-20)11-23-9-8-22(3)17(25)12-23/h16H,4-13H2,1-3H3/t16-/m0/s1. The number of nitrogens with zero attached hydrogens (tertiary/aromatic N) is 4. The zero-order chi connectivity index (χ0) is 19.9. The van der Waals surface area contributed by atoms with Gasteiger partial charge < -0.3 is 14.5 Å². The zero-order valence-corrected chi connectivity index (χ0v) is 17.9. The van der Waals surface area contributed by atoms with E-state index >= 15 is 0 Å². The van der Waals surface area contributed by atoms with E-state index in [-0.39, 0.29) is 23.3 Å². The molecule has 1 atom stereocenters. The number of amides is 2. The van der Waals surface area contributed by atoms with Crippen molar-refractivity contribution in [2.45, 2.75) is 39.2 Å². The molecule has 28 heavy (non-hydrogen) atoms. The third kappa shape index (κ3) is 3.95. The van der Waals surface area contributed by atoms with Crippen LogP contribution in [0.5, 0.6) is 0 Å². The van der Waals surface area contributed by atoms with E-state index in [1.807, 2.05) is 25.8 Å². The molecule has 3 fully saturated rings. The van der Waals surface area contributed by atoms with Crippen LogP contribution in [0.15, 0.2) is 0 Å². The molecule has 2 amide bonds. The SMILES string of the molecule is Cc1nc(C)c(C(=O)N2CCC3(CC2)CO[C@H](CN2CCN(C)C(=O)C2)C3)s1. The van der Waals surface area contributed by atoms with E-state index in [9.17, 15) is 9.59 Å². The van der Waals surface area contributed by atoms with E-state index in [0.29, 0.717) is 6.54 Å². The Morgan fingerprint density at radius 2 is 2.00 bits per heavy atom. The molecule has 3 aliphatic rings. The first-order valence-electron chi connectivity index (χ1n) is 10.2. The highest BCUT2D eigenvalue weighted by atomic mass is 32.1. The van der Waals surface area contributed by atoms with Crippen molar-refractivity contribution >= 4 is 23.2 Å². The Balaban J connectivity index is 1.29. The van der Waals surface area contributed by atoms with Gasteiger partial charge in [-0.2, -0.15) is 0 Å². The summed E-state index contributed by atoms with van der Waals surface area (Å²) in [7, 11) is 1.87. The number of rotatable bonds is 3. The number of aromatic nitrogens is 1. The van der Waals surface area contributed by atoms with Crippen LogP contribution < -0.4 is 0 Å². The van der Waals surface area contributed by atoms with E-state index < -0.39 is 0 Å². The number of piperazine rings is 1. The van der Waals surface area contributed by atoms with Gasteiger partial charge in [0, 0.05) is 39.8 Å². The Labute approximate surface area is 170 Å². The van der Waals surface area contributed by atoms with Gasteiger partial charge in [0.1, 0.15) is 4.88 Å². The molecule has 4 heterocycles. The Hall–Kier alpha value is -1.51. The quantitative estimate of drug-likeness (QED) is 0.762. The molecule has 154 valence electrons. The molecule has 8 heteroatoms. The maximum atomic E-state index is 12.8. The van der Waals surface area contributed by atoms with Gasteiger partial charge in [0.2, 0.25) is 5.91 Å². The van der Waals surface area contributed by atoms with Gasteiger partial charge >= 0.3 is 0 Å². The van der Waals surface area contributed by atoms with Crippen LogP contribution in [0.1, 0.15) is 39.6 Å². The molecule has 0 saturated carbocycles. The Morgan fingerprint density at radius 1 is 1.25 bits per heavy atom. The smallest absolute Gasteiger partial charge is 0.265 e. The average molecular weight is 407 g/mol. The fourth-order valence-corrected chi connectivity index (χ4v) is 5.56. The largest absolute Gasteiger partial charge is 0.376 e. The van der Waals surface area contributed by atoms with Crippen LogP contribution in [0.4, 0.5) is 0 Å². The molecule has 0 unspecified atom stereocenters. The van der Waals surface area contributed by atoms with Crippen LogP contribution in [0.25, 0.3) is 0 Å². The van der Waals surface area contributed by atoms with Crippen molar-refractivity contribution in [1.82, 2.24) is 19.7 Å². The number of piperidine rings is 1. The monoisotopic (exact) mass is 406 g/mol. The van der Waals surface area contributed by atoms with Crippen LogP contribution in [-0.4, -0.2) is 90.5 Å². The van der Waals surface area contributed by atoms with Gasteiger partial charge in [-0.25, -0.2) is 4.98 Å². The second-order valence-electron chi connectivity index (χ2n) is 8.63. The summed E-state index contributed by atoms with van der Waals surface area (Å²) in [6, 6.07) is 0. The first-order valence-corrected chi connectivity index (χ1v) is 11.0. The summed E-state index contributed by atoms with van der Waals surface area (Å²) in [6.45, 7) is 9.28. The summed E-state index contributed by atoms with van der Waals surface area (Å²) in [4.78, 5) is 35.9. The van der Waals surface area contributed by atoms with E-state index in [2.05, 4.69) is 9.88 Å². The molecular weight excluding hydrogens is 376 g/mol. The highest BCUT2D eigenvalue weighted by Crippen LogP contribution is 2.42. The summed E-state index contributed by atoms with van der Waals surface area (Å²) in [5.41, 5.74) is 1.04. The minimum Gasteiger partial charge on any atom is -0.376 e. The van der Waals surface area contributed by atoms with Gasteiger partial charge in [0.25, 0.3) is 5.91 Å². The molecule has 3 saturated heterocycles. The number of likely N-dealkylation sites (N-methyl/N-ethyl adjacent to an activating group) is 1. The maximum absolute atomic E-state index is 12.8. The minimum absolute atomic E-state index is 0.129. The van der Waals surface area contributed by atoms with E-state index in [1.165, 1.54) is 11.3 Å². The van der Waals surface area contributed by atoms with E-state index in [4.69, 9.17) is 4.74 Å². The normalized spacial score (nSPS) is 25.7. The van der Waals surface area contributed by atoms with Crippen molar-refractivity contribution in [2.75, 3.05) is 52.9 Å². The van der Waals surface area contributed by atoms with Gasteiger partial charge in [-0.05, 0) is 38.5 Å². The minimum atomic E-state index is 0.129. The van der Waals surface area contributed by atoms with Crippen molar-refractivity contribution in [3.05, 3.63) is 15.6 Å². The van der Waals surface area contributed by atoms with Gasteiger partial charge in [-0.3, -0.25) is 14.5 Å². The molecule has 1 spiro atoms. The van der Waals surface area contributed by atoms with Gasteiger partial charge in [-0.1, -0.05) is 0 Å². The lowest BCUT2D eigenvalue weighted by atomic mass is 9.76. The first kappa shape index (κ1) is 19.8. The highest BCUT2D eigenvalue weighted by Gasteiger charge is 2.44. The molecule has 0 aliphatic carbocycles. The van der Waals surface area contributed by atoms with E-state index in [0.717, 1.165) is 74.2 Å². The Morgan fingerprint density at radius 3 is 2.64 bits per heavy atom. The summed E-state index contributed by atoms with van der Waals surface area (Å²) < 4.78 is 6.14. The topological polar surface area (TPSA) is 66.0 Å². The molecule has 0 bridgehead atoms. The zero-order valence-electron chi connectivity index (χ0n) is 17.1. The Kier molecular flexibility index (Phi) is 5.46. The van der Waals surface area contributed by atoms with Crippen molar-refractivity contribution in [3.8, 4) is 0 Å². The molecule has 3 aliphatic heterocycles. The molecule has 4 rings (SSSR count). The molecular formula is C20H30N4O3S. The van der Waals surface area contributed by atoms with Crippen molar-refractivity contribution in [1.29, 1.82) is 0 Å². The predicted molar refractivity (Wildman–Crippen MR) is 108 cm³/mol. The average Bonchev–Trinajstić information content (AvgIpc) is 3.21. The van der Waals surface area contributed by atoms with Crippen molar-refractivity contribution in [2.24, 2.45) is 5.41 Å². The molecule has 0 radical (unpaired) electrons. The molecule has 0 aromatic carbocycles. The lowest BCUT2D eigenvalue weighted by Gasteiger charge is -2.38. The van der Waals surface area contributed by atoms with Crippen LogP contribution >= 0.6 is 11.3 Å². The number of carbonyl (C=O) groups is 2. The third-order valence-electron chi connectivity index (χ3n) is 6.49. The summed E-state index contributed by atoms with van der Waals surface area (Å²) >= 11 is 1.50. The highest BCUT2D eigenvalue weighted by molar-refractivity contribution is 7.13. The number of hydrogen-bond donors (Lipinski definition) is 0. The van der Waals surface area contributed by atoms with Crippen molar-refractivity contribution < 1.29 is 14.3 Å². The summed E-state index contributed by atoms with van der Waals surface area (Å²) in [5, 5.41) is 0.948. The predicted octanol–water partition coefficient (Wildman–Crippen LogP) is 1.55. The fourth-order valence-electron chi connectivity index (χ4n) is 4.67. The lowest BCUT2D eigenvalue weighted by molar-refractivity contribution is -0.134. The lowest BCUT2D eigenvalue weighted by Crippen LogP contribution is -2.50. The van der Waals surface area contributed by atoms with Crippen LogP contribution in [0.2, 0.25) is 0 Å². The van der Waals surface area contributed by atoms with E-state index in [1.54, 1.807) is 4.90 Å². The Bertz CT molecular complexity index is 757. The summed E-state index contributed by atoms with van der Waals surface area (Å²) in [6.07, 6.45) is 3.22. The summed E-state index contributed by atoms with van der Waals surface area (Å²) in [5.74, 6) is 0.323. The van der Waals surface area contributed by atoms with Crippen molar-refractivity contribution in [3.63, 3.8) is 0 Å². The number of hydrogen-bond acceptors (Lipinski definition) is 6. The van der Waals surface area contributed by atoms with Crippen LogP contribution in [0.3, 0.4) is 0 Å². The first-order chi connectivity index (χ1) is 13.3. The number of ether oxygens (including phenoxy) is 1. The third-order valence-corrected chi connectivity index (χ3v) is 7.55. The molecule has 1 aromatic heterocycles. The number of carbonyl (C=O) groups excluding carboxylic acids is 2. The van der Waals surface area contributed by atoms with Gasteiger partial charge in [-0.15, -0.1) is 11.3 Å². The molecule has 0 N–H and O–H groups in total.